The van der Waals surface area contributed by atoms with E-state index in [-0.39, 0.29) is 23.2 Å². The number of sulfonamides is 1. The Morgan fingerprint density at radius 2 is 1.63 bits per heavy atom. The predicted octanol–water partition coefficient (Wildman–Crippen LogP) is 5.53. The first-order chi connectivity index (χ1) is 17.8. The van der Waals surface area contributed by atoms with E-state index in [0.717, 1.165) is 36.1 Å². The number of fused-ring (bicyclic) bond motifs is 1. The fraction of sp³-hybridized carbons (Fsp3) is 0.481. The maximum absolute atomic E-state index is 13.7. The predicted molar refractivity (Wildman–Crippen MR) is 159 cm³/mol. The van der Waals surface area contributed by atoms with Gasteiger partial charge in [0.05, 0.1) is 16.7 Å². The molecule has 0 saturated heterocycles. The summed E-state index contributed by atoms with van der Waals surface area (Å²) in [6, 6.07) is 12.0. The van der Waals surface area contributed by atoms with Gasteiger partial charge in [0.2, 0.25) is 10.0 Å². The number of carbonyl (C=O) groups excluding carboxylic acids is 1. The number of para-hydroxylation sites is 1. The molecular weight excluding hydrogens is 544 g/mol. The largest absolute Gasteiger partial charge is 0.494 e. The van der Waals surface area contributed by atoms with E-state index in [4.69, 9.17) is 9.72 Å². The molecule has 0 atom stereocenters. The molecule has 2 aromatic carbocycles. The average molecular weight is 583 g/mol. The Kier molecular flexibility index (Phi) is 12.4. The number of carbonyl (C=O) groups is 1. The van der Waals surface area contributed by atoms with Gasteiger partial charge in [-0.05, 0) is 55.9 Å². The van der Waals surface area contributed by atoms with Crippen LogP contribution in [0.3, 0.4) is 0 Å². The second kappa shape index (κ2) is 14.8. The van der Waals surface area contributed by atoms with Gasteiger partial charge in [-0.1, -0.05) is 51.5 Å². The standard InChI is InChI=1S/C27H38N4O4S2.ClH/c1-6-10-18-30(9-4)37(33,34)22-16-14-21(15-17-22)26(32)31(20-19-29(7-2)8-3)27-28-25-23(35-5)12-11-13-24(25)36-27;/h11-17H,6-10,18-20H2,1-5H3;1H. The molecule has 0 unspecified atom stereocenters. The molecule has 210 valence electrons. The summed E-state index contributed by atoms with van der Waals surface area (Å²) < 4.78 is 34.1. The molecule has 0 bridgehead atoms. The number of nitrogens with zero attached hydrogens (tertiary/aromatic N) is 4. The molecule has 0 aliphatic heterocycles. The van der Waals surface area contributed by atoms with Gasteiger partial charge < -0.3 is 9.64 Å². The third kappa shape index (κ3) is 7.24. The summed E-state index contributed by atoms with van der Waals surface area (Å²) in [4.78, 5) is 22.6. The lowest BCUT2D eigenvalue weighted by Gasteiger charge is -2.25. The molecule has 0 radical (unpaired) electrons. The van der Waals surface area contributed by atoms with E-state index in [2.05, 4.69) is 18.7 Å². The molecular formula is C27H39ClN4O4S2. The Morgan fingerprint density at radius 3 is 2.21 bits per heavy atom. The van der Waals surface area contributed by atoms with Crippen molar-refractivity contribution < 1.29 is 17.9 Å². The lowest BCUT2D eigenvalue weighted by Crippen LogP contribution is -2.39. The van der Waals surface area contributed by atoms with Crippen LogP contribution in [-0.2, 0) is 10.0 Å². The summed E-state index contributed by atoms with van der Waals surface area (Å²) in [5, 5.41) is 0.588. The van der Waals surface area contributed by atoms with Crippen molar-refractivity contribution in [2.45, 2.75) is 45.4 Å². The topological polar surface area (TPSA) is 83.1 Å². The molecule has 0 aliphatic rings. The number of ether oxygens (including phenoxy) is 1. The Balaban J connectivity index is 0.00000507. The van der Waals surface area contributed by atoms with Crippen molar-refractivity contribution in [3.8, 4) is 5.75 Å². The molecule has 38 heavy (non-hydrogen) atoms. The van der Waals surface area contributed by atoms with Gasteiger partial charge in [0.15, 0.2) is 5.13 Å². The lowest BCUT2D eigenvalue weighted by atomic mass is 10.2. The maximum Gasteiger partial charge on any atom is 0.260 e. The van der Waals surface area contributed by atoms with E-state index < -0.39 is 10.0 Å². The molecule has 0 spiro atoms. The van der Waals surface area contributed by atoms with Crippen LogP contribution in [-0.4, -0.2) is 74.9 Å². The molecule has 0 N–H and O–H groups in total. The van der Waals surface area contributed by atoms with E-state index in [1.54, 1.807) is 24.1 Å². The number of aromatic nitrogens is 1. The van der Waals surface area contributed by atoms with E-state index in [9.17, 15) is 13.2 Å². The molecule has 0 saturated carbocycles. The summed E-state index contributed by atoms with van der Waals surface area (Å²) >= 11 is 1.44. The van der Waals surface area contributed by atoms with Crippen molar-refractivity contribution in [3.63, 3.8) is 0 Å². The molecule has 8 nitrogen and oxygen atoms in total. The highest BCUT2D eigenvalue weighted by Gasteiger charge is 2.25. The number of amides is 1. The highest BCUT2D eigenvalue weighted by molar-refractivity contribution is 7.89. The third-order valence-corrected chi connectivity index (χ3v) is 9.49. The van der Waals surface area contributed by atoms with Gasteiger partial charge in [-0.2, -0.15) is 4.31 Å². The molecule has 1 aromatic heterocycles. The van der Waals surface area contributed by atoms with Gasteiger partial charge >= 0.3 is 0 Å². The number of thiazole rings is 1. The van der Waals surface area contributed by atoms with Gasteiger partial charge in [-0.3, -0.25) is 9.69 Å². The first kappa shape index (κ1) is 32.0. The summed E-state index contributed by atoms with van der Waals surface area (Å²) in [5.41, 5.74) is 1.14. The zero-order valence-corrected chi connectivity index (χ0v) is 25.3. The van der Waals surface area contributed by atoms with Crippen molar-refractivity contribution >= 4 is 55.0 Å². The van der Waals surface area contributed by atoms with Crippen LogP contribution in [0.4, 0.5) is 5.13 Å². The first-order valence-electron chi connectivity index (χ1n) is 12.9. The van der Waals surface area contributed by atoms with E-state index in [1.807, 2.05) is 32.0 Å². The number of benzene rings is 2. The number of hydrogen-bond acceptors (Lipinski definition) is 7. The van der Waals surface area contributed by atoms with Crippen LogP contribution < -0.4 is 9.64 Å². The van der Waals surface area contributed by atoms with E-state index >= 15 is 0 Å². The van der Waals surface area contributed by atoms with Gasteiger partial charge in [-0.25, -0.2) is 13.4 Å². The fourth-order valence-corrected chi connectivity index (χ4v) is 6.61. The Labute approximate surface area is 237 Å². The minimum Gasteiger partial charge on any atom is -0.494 e. The zero-order valence-electron chi connectivity index (χ0n) is 22.8. The minimum absolute atomic E-state index is 0. The lowest BCUT2D eigenvalue weighted by molar-refractivity contribution is 0.0983. The fourth-order valence-electron chi connectivity index (χ4n) is 4.11. The van der Waals surface area contributed by atoms with Crippen LogP contribution in [0.15, 0.2) is 47.4 Å². The number of hydrogen-bond donors (Lipinski definition) is 0. The summed E-state index contributed by atoms with van der Waals surface area (Å²) in [7, 11) is -2.01. The van der Waals surface area contributed by atoms with E-state index in [1.165, 1.54) is 27.8 Å². The van der Waals surface area contributed by atoms with Gasteiger partial charge in [-0.15, -0.1) is 12.4 Å². The van der Waals surface area contributed by atoms with Crippen LogP contribution in [0.2, 0.25) is 0 Å². The third-order valence-electron chi connectivity index (χ3n) is 6.45. The average Bonchev–Trinajstić information content (AvgIpc) is 3.35. The number of methoxy groups -OCH3 is 1. The number of rotatable bonds is 14. The maximum atomic E-state index is 13.7. The first-order valence-corrected chi connectivity index (χ1v) is 15.1. The number of anilines is 1. The molecule has 1 heterocycles. The number of likely N-dealkylation sites (N-methyl/N-ethyl adjacent to an activating group) is 1. The molecule has 1 amide bonds. The summed E-state index contributed by atoms with van der Waals surface area (Å²) in [5.74, 6) is 0.446. The SMILES string of the molecule is CCCCN(CC)S(=O)(=O)c1ccc(C(=O)N(CCN(CC)CC)c2nc3c(OC)cccc3s2)cc1.Cl. The second-order valence-electron chi connectivity index (χ2n) is 8.66. The van der Waals surface area contributed by atoms with Gasteiger partial charge in [0.25, 0.3) is 5.91 Å². The smallest absolute Gasteiger partial charge is 0.260 e. The zero-order chi connectivity index (χ0) is 27.0. The van der Waals surface area contributed by atoms with Crippen LogP contribution in [0.25, 0.3) is 10.2 Å². The van der Waals surface area contributed by atoms with Crippen molar-refractivity contribution in [2.75, 3.05) is 51.3 Å². The Morgan fingerprint density at radius 1 is 0.947 bits per heavy atom. The normalized spacial score (nSPS) is 11.7. The second-order valence-corrected chi connectivity index (χ2v) is 11.6. The van der Waals surface area contributed by atoms with Crippen LogP contribution >= 0.6 is 23.7 Å². The van der Waals surface area contributed by atoms with E-state index in [0.29, 0.717) is 42.6 Å². The molecule has 11 heteroatoms. The van der Waals surface area contributed by atoms with Crippen LogP contribution in [0.1, 0.15) is 50.9 Å². The summed E-state index contributed by atoms with van der Waals surface area (Å²) in [6.45, 7) is 11.9. The van der Waals surface area contributed by atoms with Crippen molar-refractivity contribution in [2.24, 2.45) is 0 Å². The highest BCUT2D eigenvalue weighted by Crippen LogP contribution is 2.34. The monoisotopic (exact) mass is 582 g/mol. The molecule has 0 aliphatic carbocycles. The molecule has 3 aromatic rings. The van der Waals surface area contributed by atoms with Crippen molar-refractivity contribution in [1.82, 2.24) is 14.2 Å². The quantitative estimate of drug-likeness (QED) is 0.249. The van der Waals surface area contributed by atoms with Gasteiger partial charge in [0.1, 0.15) is 11.3 Å². The van der Waals surface area contributed by atoms with Crippen LogP contribution in [0.5, 0.6) is 5.75 Å². The van der Waals surface area contributed by atoms with Crippen molar-refractivity contribution in [3.05, 3.63) is 48.0 Å². The number of halogens is 1. The van der Waals surface area contributed by atoms with Crippen LogP contribution in [0, 0.1) is 0 Å². The molecule has 3 rings (SSSR count). The number of unbranched alkanes of at least 4 members (excludes halogenated alkanes) is 1. The Bertz CT molecular complexity index is 1280. The Hall–Kier alpha value is -2.24. The van der Waals surface area contributed by atoms with Gasteiger partial charge in [0, 0.05) is 31.7 Å². The van der Waals surface area contributed by atoms with Crippen molar-refractivity contribution in [1.29, 1.82) is 0 Å². The summed E-state index contributed by atoms with van der Waals surface area (Å²) in [6.07, 6.45) is 1.72. The molecule has 0 fully saturated rings. The minimum atomic E-state index is -3.61. The highest BCUT2D eigenvalue weighted by atomic mass is 35.5.